The standard InChI is InChI=1S/C23H22N2O2S/c26-22-8-3-13-25(22)16-17-9-11-18(12-10-17)20-6-2-1-5-19(20)15-24-23(27)21-7-4-14-28-21/h1-2,4-7,9-12,14H,3,8,13,15-16H2,(H,24,27). The van der Waals surface area contributed by atoms with Gasteiger partial charge >= 0.3 is 0 Å². The number of amides is 2. The second-order valence-corrected chi connectivity index (χ2v) is 7.88. The van der Waals surface area contributed by atoms with E-state index in [2.05, 4.69) is 35.6 Å². The number of nitrogens with zero attached hydrogens (tertiary/aromatic N) is 1. The average molecular weight is 391 g/mol. The van der Waals surface area contributed by atoms with Crippen molar-refractivity contribution >= 4 is 23.2 Å². The van der Waals surface area contributed by atoms with Crippen LogP contribution in [0.15, 0.2) is 66.0 Å². The summed E-state index contributed by atoms with van der Waals surface area (Å²) in [6, 6.07) is 20.2. The zero-order valence-electron chi connectivity index (χ0n) is 15.6. The number of hydrogen-bond donors (Lipinski definition) is 1. The SMILES string of the molecule is O=C(NCc1ccccc1-c1ccc(CN2CCCC2=O)cc1)c1cccs1. The third-order valence-electron chi connectivity index (χ3n) is 5.01. The monoisotopic (exact) mass is 390 g/mol. The van der Waals surface area contributed by atoms with Gasteiger partial charge in [0.25, 0.3) is 5.91 Å². The number of thiophene rings is 1. The van der Waals surface area contributed by atoms with Gasteiger partial charge in [0, 0.05) is 26.1 Å². The lowest BCUT2D eigenvalue weighted by Crippen LogP contribution is -2.23. The van der Waals surface area contributed by atoms with Crippen molar-refractivity contribution in [1.82, 2.24) is 10.2 Å². The van der Waals surface area contributed by atoms with Crippen molar-refractivity contribution in [3.05, 3.63) is 82.0 Å². The average Bonchev–Trinajstić information content (AvgIpc) is 3.40. The topological polar surface area (TPSA) is 49.4 Å². The molecule has 2 heterocycles. The third-order valence-corrected chi connectivity index (χ3v) is 5.88. The van der Waals surface area contributed by atoms with Gasteiger partial charge in [-0.25, -0.2) is 0 Å². The largest absolute Gasteiger partial charge is 0.347 e. The van der Waals surface area contributed by atoms with Crippen LogP contribution in [0, 0.1) is 0 Å². The minimum absolute atomic E-state index is 0.0459. The number of nitrogens with one attached hydrogen (secondary N) is 1. The summed E-state index contributed by atoms with van der Waals surface area (Å²) in [5.74, 6) is 0.200. The van der Waals surface area contributed by atoms with E-state index in [1.807, 2.05) is 40.6 Å². The van der Waals surface area contributed by atoms with Gasteiger partial charge in [-0.1, -0.05) is 54.6 Å². The highest BCUT2D eigenvalue weighted by Gasteiger charge is 2.19. The maximum absolute atomic E-state index is 12.2. The number of benzene rings is 2. The number of rotatable bonds is 6. The molecule has 1 fully saturated rings. The third kappa shape index (κ3) is 4.15. The van der Waals surface area contributed by atoms with E-state index in [-0.39, 0.29) is 11.8 Å². The summed E-state index contributed by atoms with van der Waals surface area (Å²) in [6.45, 7) is 2.02. The summed E-state index contributed by atoms with van der Waals surface area (Å²) in [4.78, 5) is 26.7. The first-order chi connectivity index (χ1) is 13.7. The lowest BCUT2D eigenvalue weighted by Gasteiger charge is -2.16. The fourth-order valence-electron chi connectivity index (χ4n) is 3.51. The molecule has 5 heteroatoms. The Kier molecular flexibility index (Phi) is 5.53. The fraction of sp³-hybridized carbons (Fsp3) is 0.217. The predicted octanol–water partition coefficient (Wildman–Crippen LogP) is 4.47. The van der Waals surface area contributed by atoms with Crippen LogP contribution < -0.4 is 5.32 Å². The number of hydrogen-bond acceptors (Lipinski definition) is 3. The van der Waals surface area contributed by atoms with E-state index < -0.39 is 0 Å². The van der Waals surface area contributed by atoms with E-state index in [4.69, 9.17) is 0 Å². The first-order valence-corrected chi connectivity index (χ1v) is 10.4. The molecule has 0 aliphatic carbocycles. The molecule has 1 aliphatic heterocycles. The molecule has 0 unspecified atom stereocenters. The van der Waals surface area contributed by atoms with Crippen LogP contribution in [-0.4, -0.2) is 23.3 Å². The Labute approximate surface area is 168 Å². The quantitative estimate of drug-likeness (QED) is 0.675. The minimum Gasteiger partial charge on any atom is -0.347 e. The molecule has 1 N–H and O–H groups in total. The Bertz CT molecular complexity index is 965. The van der Waals surface area contributed by atoms with E-state index in [0.29, 0.717) is 19.5 Å². The van der Waals surface area contributed by atoms with Gasteiger partial charge in [0.15, 0.2) is 0 Å². The van der Waals surface area contributed by atoms with Crippen LogP contribution in [-0.2, 0) is 17.9 Å². The molecule has 1 aliphatic rings. The Hall–Kier alpha value is -2.92. The normalized spacial score (nSPS) is 13.7. The molecule has 0 atom stereocenters. The van der Waals surface area contributed by atoms with Gasteiger partial charge in [0.1, 0.15) is 0 Å². The van der Waals surface area contributed by atoms with Gasteiger partial charge in [-0.05, 0) is 40.1 Å². The van der Waals surface area contributed by atoms with Crippen LogP contribution in [0.3, 0.4) is 0 Å². The Morgan fingerprint density at radius 3 is 2.57 bits per heavy atom. The molecule has 2 aromatic carbocycles. The Morgan fingerprint density at radius 2 is 1.86 bits per heavy atom. The van der Waals surface area contributed by atoms with Crippen molar-refractivity contribution in [2.24, 2.45) is 0 Å². The highest BCUT2D eigenvalue weighted by atomic mass is 32.1. The molecular formula is C23H22N2O2S. The van der Waals surface area contributed by atoms with Crippen LogP contribution in [0.1, 0.15) is 33.6 Å². The first kappa shape index (κ1) is 18.4. The molecule has 1 aromatic heterocycles. The molecule has 4 rings (SSSR count). The Morgan fingerprint density at radius 1 is 1.04 bits per heavy atom. The highest BCUT2D eigenvalue weighted by molar-refractivity contribution is 7.12. The molecule has 0 spiro atoms. The summed E-state index contributed by atoms with van der Waals surface area (Å²) < 4.78 is 0. The van der Waals surface area contributed by atoms with Gasteiger partial charge in [-0.2, -0.15) is 0 Å². The fourth-order valence-corrected chi connectivity index (χ4v) is 4.15. The molecule has 0 saturated carbocycles. The van der Waals surface area contributed by atoms with Crippen LogP contribution in [0.4, 0.5) is 0 Å². The molecule has 2 amide bonds. The maximum Gasteiger partial charge on any atom is 0.261 e. The lowest BCUT2D eigenvalue weighted by atomic mass is 9.98. The van der Waals surface area contributed by atoms with E-state index in [0.717, 1.165) is 40.1 Å². The van der Waals surface area contributed by atoms with Crippen molar-refractivity contribution < 1.29 is 9.59 Å². The number of likely N-dealkylation sites (tertiary alicyclic amines) is 1. The van der Waals surface area contributed by atoms with Crippen LogP contribution in [0.5, 0.6) is 0 Å². The summed E-state index contributed by atoms with van der Waals surface area (Å²) in [6.07, 6.45) is 1.63. The van der Waals surface area contributed by atoms with Crippen molar-refractivity contribution in [3.63, 3.8) is 0 Å². The molecule has 0 radical (unpaired) electrons. The molecule has 28 heavy (non-hydrogen) atoms. The molecule has 1 saturated heterocycles. The van der Waals surface area contributed by atoms with Crippen molar-refractivity contribution in [2.45, 2.75) is 25.9 Å². The van der Waals surface area contributed by atoms with Gasteiger partial charge in [-0.3, -0.25) is 9.59 Å². The smallest absolute Gasteiger partial charge is 0.261 e. The molecular weight excluding hydrogens is 368 g/mol. The van der Waals surface area contributed by atoms with Gasteiger partial charge < -0.3 is 10.2 Å². The van der Waals surface area contributed by atoms with Crippen molar-refractivity contribution in [1.29, 1.82) is 0 Å². The number of carbonyl (C=O) groups excluding carboxylic acids is 2. The van der Waals surface area contributed by atoms with E-state index in [1.165, 1.54) is 11.3 Å². The van der Waals surface area contributed by atoms with Crippen molar-refractivity contribution in [2.75, 3.05) is 6.54 Å². The zero-order chi connectivity index (χ0) is 19.3. The van der Waals surface area contributed by atoms with Gasteiger partial charge in [0.2, 0.25) is 5.91 Å². The molecule has 4 nitrogen and oxygen atoms in total. The van der Waals surface area contributed by atoms with Gasteiger partial charge in [-0.15, -0.1) is 11.3 Å². The molecule has 3 aromatic rings. The van der Waals surface area contributed by atoms with Crippen LogP contribution in [0.25, 0.3) is 11.1 Å². The van der Waals surface area contributed by atoms with Crippen molar-refractivity contribution in [3.8, 4) is 11.1 Å². The van der Waals surface area contributed by atoms with Crippen LogP contribution in [0.2, 0.25) is 0 Å². The van der Waals surface area contributed by atoms with E-state index in [9.17, 15) is 9.59 Å². The first-order valence-electron chi connectivity index (χ1n) is 9.47. The number of carbonyl (C=O) groups is 2. The summed E-state index contributed by atoms with van der Waals surface area (Å²) in [5.41, 5.74) is 4.44. The molecule has 142 valence electrons. The Balaban J connectivity index is 1.46. The summed E-state index contributed by atoms with van der Waals surface area (Å²) in [5, 5.41) is 4.91. The van der Waals surface area contributed by atoms with Crippen LogP contribution >= 0.6 is 11.3 Å². The second-order valence-electron chi connectivity index (χ2n) is 6.93. The lowest BCUT2D eigenvalue weighted by molar-refractivity contribution is -0.128. The zero-order valence-corrected chi connectivity index (χ0v) is 16.4. The minimum atomic E-state index is -0.0459. The molecule has 0 bridgehead atoms. The maximum atomic E-state index is 12.2. The highest BCUT2D eigenvalue weighted by Crippen LogP contribution is 2.25. The summed E-state index contributed by atoms with van der Waals surface area (Å²) in [7, 11) is 0. The van der Waals surface area contributed by atoms with Gasteiger partial charge in [0.05, 0.1) is 4.88 Å². The second kappa shape index (κ2) is 8.40. The van der Waals surface area contributed by atoms with E-state index >= 15 is 0 Å². The van der Waals surface area contributed by atoms with E-state index in [1.54, 1.807) is 0 Å². The summed E-state index contributed by atoms with van der Waals surface area (Å²) >= 11 is 1.44. The predicted molar refractivity (Wildman–Crippen MR) is 112 cm³/mol.